The summed E-state index contributed by atoms with van der Waals surface area (Å²) in [5.74, 6) is 0.0305. The third kappa shape index (κ3) is 2.94. The van der Waals surface area contributed by atoms with Gasteiger partial charge < -0.3 is 9.88 Å². The SMILES string of the molecule is CC(C)n1cnc2cc(C(=O)NC3CCCCC3)ccc21. The summed E-state index contributed by atoms with van der Waals surface area (Å²) >= 11 is 0. The van der Waals surface area contributed by atoms with Crippen molar-refractivity contribution in [3.05, 3.63) is 30.1 Å². The van der Waals surface area contributed by atoms with Crippen molar-refractivity contribution in [2.24, 2.45) is 0 Å². The number of hydrogen-bond donors (Lipinski definition) is 1. The zero-order valence-corrected chi connectivity index (χ0v) is 12.8. The van der Waals surface area contributed by atoms with Crippen molar-refractivity contribution in [2.45, 2.75) is 58.0 Å². The minimum absolute atomic E-state index is 0.0305. The average molecular weight is 285 g/mol. The first-order valence-electron chi connectivity index (χ1n) is 7.92. The number of hydrogen-bond acceptors (Lipinski definition) is 2. The van der Waals surface area contributed by atoms with Crippen molar-refractivity contribution in [2.75, 3.05) is 0 Å². The molecule has 0 radical (unpaired) electrons. The summed E-state index contributed by atoms with van der Waals surface area (Å²) in [5, 5.41) is 3.16. The van der Waals surface area contributed by atoms with E-state index in [0.29, 0.717) is 17.6 Å². The minimum Gasteiger partial charge on any atom is -0.349 e. The van der Waals surface area contributed by atoms with Crippen LogP contribution in [0.5, 0.6) is 0 Å². The summed E-state index contributed by atoms with van der Waals surface area (Å²) < 4.78 is 2.12. The second-order valence-corrected chi connectivity index (χ2v) is 6.26. The Morgan fingerprint density at radius 3 is 2.76 bits per heavy atom. The fraction of sp³-hybridized carbons (Fsp3) is 0.529. The molecule has 112 valence electrons. The molecule has 1 aliphatic carbocycles. The van der Waals surface area contributed by atoms with Gasteiger partial charge in [0.1, 0.15) is 0 Å². The minimum atomic E-state index is 0.0305. The number of nitrogens with zero attached hydrogens (tertiary/aromatic N) is 2. The largest absolute Gasteiger partial charge is 0.349 e. The lowest BCUT2D eigenvalue weighted by atomic mass is 9.95. The van der Waals surface area contributed by atoms with E-state index in [1.165, 1.54) is 19.3 Å². The highest BCUT2D eigenvalue weighted by atomic mass is 16.1. The van der Waals surface area contributed by atoms with Gasteiger partial charge in [-0.2, -0.15) is 0 Å². The van der Waals surface area contributed by atoms with Crippen molar-refractivity contribution in [1.82, 2.24) is 14.9 Å². The molecule has 0 atom stereocenters. The lowest BCUT2D eigenvalue weighted by molar-refractivity contribution is 0.0928. The van der Waals surface area contributed by atoms with Gasteiger partial charge in [0.05, 0.1) is 17.4 Å². The van der Waals surface area contributed by atoms with Gasteiger partial charge in [-0.1, -0.05) is 19.3 Å². The Balaban J connectivity index is 1.78. The highest BCUT2D eigenvalue weighted by molar-refractivity contribution is 5.97. The lowest BCUT2D eigenvalue weighted by Crippen LogP contribution is -2.36. The van der Waals surface area contributed by atoms with E-state index in [4.69, 9.17) is 0 Å². The van der Waals surface area contributed by atoms with Gasteiger partial charge in [0.15, 0.2) is 0 Å². The van der Waals surface area contributed by atoms with Crippen LogP contribution in [0.15, 0.2) is 24.5 Å². The summed E-state index contributed by atoms with van der Waals surface area (Å²) in [7, 11) is 0. The smallest absolute Gasteiger partial charge is 0.251 e. The summed E-state index contributed by atoms with van der Waals surface area (Å²) in [6.07, 6.45) is 7.81. The number of carbonyl (C=O) groups excluding carboxylic acids is 1. The first kappa shape index (κ1) is 14.1. The molecule has 4 heteroatoms. The van der Waals surface area contributed by atoms with Crippen LogP contribution in [0.4, 0.5) is 0 Å². The second-order valence-electron chi connectivity index (χ2n) is 6.26. The fourth-order valence-electron chi connectivity index (χ4n) is 3.10. The molecule has 0 saturated heterocycles. The van der Waals surface area contributed by atoms with E-state index in [-0.39, 0.29) is 5.91 Å². The molecule has 0 bridgehead atoms. The number of imidazole rings is 1. The van der Waals surface area contributed by atoms with Crippen molar-refractivity contribution in [3.8, 4) is 0 Å². The number of fused-ring (bicyclic) bond motifs is 1. The summed E-state index contributed by atoms with van der Waals surface area (Å²) in [4.78, 5) is 16.8. The zero-order valence-electron chi connectivity index (χ0n) is 12.8. The maximum absolute atomic E-state index is 12.4. The van der Waals surface area contributed by atoms with Crippen LogP contribution in [-0.4, -0.2) is 21.5 Å². The van der Waals surface area contributed by atoms with Crippen LogP contribution < -0.4 is 5.32 Å². The molecule has 1 heterocycles. The van der Waals surface area contributed by atoms with Crippen molar-refractivity contribution >= 4 is 16.9 Å². The monoisotopic (exact) mass is 285 g/mol. The number of carbonyl (C=O) groups is 1. The molecule has 1 aromatic heterocycles. The molecule has 1 fully saturated rings. The molecule has 21 heavy (non-hydrogen) atoms. The Morgan fingerprint density at radius 1 is 1.29 bits per heavy atom. The number of rotatable bonds is 3. The van der Waals surface area contributed by atoms with Crippen LogP contribution in [0, 0.1) is 0 Å². The van der Waals surface area contributed by atoms with Gasteiger partial charge >= 0.3 is 0 Å². The Bertz CT molecular complexity index is 639. The molecule has 4 nitrogen and oxygen atoms in total. The van der Waals surface area contributed by atoms with Gasteiger partial charge in [-0.05, 0) is 44.9 Å². The van der Waals surface area contributed by atoms with Crippen molar-refractivity contribution < 1.29 is 4.79 Å². The van der Waals surface area contributed by atoms with Gasteiger partial charge in [0.25, 0.3) is 5.91 Å². The summed E-state index contributed by atoms with van der Waals surface area (Å²) in [6, 6.07) is 6.51. The Morgan fingerprint density at radius 2 is 2.05 bits per heavy atom. The number of aromatic nitrogens is 2. The first-order valence-corrected chi connectivity index (χ1v) is 7.92. The topological polar surface area (TPSA) is 46.9 Å². The Labute approximate surface area is 125 Å². The van der Waals surface area contributed by atoms with Crippen LogP contribution >= 0.6 is 0 Å². The van der Waals surface area contributed by atoms with E-state index in [9.17, 15) is 4.79 Å². The maximum Gasteiger partial charge on any atom is 0.251 e. The summed E-state index contributed by atoms with van der Waals surface area (Å²) in [5.41, 5.74) is 2.68. The molecule has 1 aliphatic rings. The van der Waals surface area contributed by atoms with E-state index < -0.39 is 0 Å². The first-order chi connectivity index (χ1) is 10.1. The molecule has 1 saturated carbocycles. The van der Waals surface area contributed by atoms with Crippen molar-refractivity contribution in [1.29, 1.82) is 0 Å². The van der Waals surface area contributed by atoms with E-state index in [1.54, 1.807) is 0 Å². The highest BCUT2D eigenvalue weighted by Gasteiger charge is 2.17. The Hall–Kier alpha value is -1.84. The van der Waals surface area contributed by atoms with E-state index in [2.05, 4.69) is 28.7 Å². The standard InChI is InChI=1S/C17H23N3O/c1-12(2)20-11-18-15-10-13(8-9-16(15)20)17(21)19-14-6-4-3-5-7-14/h8-12,14H,3-7H2,1-2H3,(H,19,21). The molecule has 1 amide bonds. The van der Waals surface area contributed by atoms with Gasteiger partial charge in [-0.3, -0.25) is 4.79 Å². The molecule has 1 aromatic carbocycles. The predicted molar refractivity (Wildman–Crippen MR) is 84.5 cm³/mol. The quantitative estimate of drug-likeness (QED) is 0.935. The highest BCUT2D eigenvalue weighted by Crippen LogP contribution is 2.20. The molecule has 1 N–H and O–H groups in total. The third-order valence-electron chi connectivity index (χ3n) is 4.33. The fourth-order valence-corrected chi connectivity index (χ4v) is 3.10. The number of amides is 1. The molecular weight excluding hydrogens is 262 g/mol. The van der Waals surface area contributed by atoms with Crippen LogP contribution in [0.3, 0.4) is 0 Å². The van der Waals surface area contributed by atoms with Gasteiger partial charge in [-0.15, -0.1) is 0 Å². The average Bonchev–Trinajstić information content (AvgIpc) is 2.91. The molecule has 0 aliphatic heterocycles. The Kier molecular flexibility index (Phi) is 3.95. The molecule has 3 rings (SSSR count). The van der Waals surface area contributed by atoms with Crippen LogP contribution in [-0.2, 0) is 0 Å². The molecule has 0 spiro atoms. The third-order valence-corrected chi connectivity index (χ3v) is 4.33. The van der Waals surface area contributed by atoms with Crippen LogP contribution in [0.2, 0.25) is 0 Å². The predicted octanol–water partition coefficient (Wildman–Crippen LogP) is 3.68. The van der Waals surface area contributed by atoms with Gasteiger partial charge in [0.2, 0.25) is 0 Å². The number of benzene rings is 1. The molecular formula is C17H23N3O. The van der Waals surface area contributed by atoms with E-state index >= 15 is 0 Å². The summed E-state index contributed by atoms with van der Waals surface area (Å²) in [6.45, 7) is 4.26. The van der Waals surface area contributed by atoms with Crippen LogP contribution in [0.1, 0.15) is 62.4 Å². The molecule has 2 aromatic rings. The van der Waals surface area contributed by atoms with E-state index in [0.717, 1.165) is 23.9 Å². The van der Waals surface area contributed by atoms with E-state index in [1.807, 2.05) is 24.5 Å². The number of nitrogens with one attached hydrogen (secondary N) is 1. The second kappa shape index (κ2) is 5.88. The van der Waals surface area contributed by atoms with Crippen molar-refractivity contribution in [3.63, 3.8) is 0 Å². The normalized spacial score (nSPS) is 16.5. The lowest BCUT2D eigenvalue weighted by Gasteiger charge is -2.22. The van der Waals surface area contributed by atoms with Gasteiger partial charge in [0, 0.05) is 17.6 Å². The maximum atomic E-state index is 12.4. The van der Waals surface area contributed by atoms with Crippen LogP contribution in [0.25, 0.3) is 11.0 Å². The zero-order chi connectivity index (χ0) is 14.8. The van der Waals surface area contributed by atoms with Gasteiger partial charge in [-0.25, -0.2) is 4.98 Å². The molecule has 0 unspecified atom stereocenters.